The molecule has 2 N–H and O–H groups in total. The Hall–Kier alpha value is -1.72. The molecule has 1 saturated heterocycles. The fourth-order valence-corrected chi connectivity index (χ4v) is 2.96. The number of rotatable bonds is 3. The van der Waals surface area contributed by atoms with Gasteiger partial charge in [-0.25, -0.2) is 4.99 Å². The molecule has 0 saturated carbocycles. The van der Waals surface area contributed by atoms with Gasteiger partial charge < -0.3 is 20.3 Å². The number of ether oxygens (including phenoxy) is 1. The average Bonchev–Trinajstić information content (AvgIpc) is 2.61. The van der Waals surface area contributed by atoms with Crippen molar-refractivity contribution < 1.29 is 4.74 Å². The topological polar surface area (TPSA) is 54.1 Å². The molecule has 124 valence electrons. The van der Waals surface area contributed by atoms with Crippen LogP contribution in [0.25, 0.3) is 0 Å². The largest absolute Gasteiger partial charge is 0.377 e. The van der Waals surface area contributed by atoms with E-state index >= 15 is 0 Å². The predicted octanol–water partition coefficient (Wildman–Crippen LogP) is 2.12. The lowest BCUT2D eigenvalue weighted by Crippen LogP contribution is -2.51. The third kappa shape index (κ3) is 4.39. The van der Waals surface area contributed by atoms with E-state index in [1.165, 1.54) is 11.3 Å². The third-order valence-corrected chi connectivity index (χ3v) is 4.55. The first-order valence-corrected chi connectivity index (χ1v) is 8.41. The standard InChI is InChI=1S/C17H23ClN4O/c18-15-1-3-16(4-2-15)21-7-9-22(10-8-21)17(19)20-13-14-5-11-23-12-6-14/h1-5H,6-13H2,(H2,19,20). The summed E-state index contributed by atoms with van der Waals surface area (Å²) < 4.78 is 5.30. The van der Waals surface area contributed by atoms with E-state index in [1.54, 1.807) is 0 Å². The van der Waals surface area contributed by atoms with Gasteiger partial charge in [-0.15, -0.1) is 0 Å². The van der Waals surface area contributed by atoms with Crippen LogP contribution >= 0.6 is 11.6 Å². The van der Waals surface area contributed by atoms with Gasteiger partial charge in [0.05, 0.1) is 19.8 Å². The van der Waals surface area contributed by atoms with Gasteiger partial charge >= 0.3 is 0 Å². The Morgan fingerprint density at radius 2 is 1.91 bits per heavy atom. The number of anilines is 1. The van der Waals surface area contributed by atoms with Crippen LogP contribution < -0.4 is 10.6 Å². The maximum atomic E-state index is 6.15. The Labute approximate surface area is 142 Å². The van der Waals surface area contributed by atoms with Crippen LogP contribution in [0.5, 0.6) is 0 Å². The van der Waals surface area contributed by atoms with Gasteiger partial charge in [0, 0.05) is 36.9 Å². The van der Waals surface area contributed by atoms with Gasteiger partial charge in [0.25, 0.3) is 0 Å². The maximum Gasteiger partial charge on any atom is 0.191 e. The molecule has 2 aliphatic heterocycles. The van der Waals surface area contributed by atoms with Crippen molar-refractivity contribution >= 4 is 23.2 Å². The quantitative estimate of drug-likeness (QED) is 0.522. The smallest absolute Gasteiger partial charge is 0.191 e. The van der Waals surface area contributed by atoms with E-state index in [4.69, 9.17) is 22.1 Å². The molecule has 0 amide bonds. The molecule has 0 atom stereocenters. The lowest BCUT2D eigenvalue weighted by Gasteiger charge is -2.36. The van der Waals surface area contributed by atoms with E-state index in [9.17, 15) is 0 Å². The molecule has 1 aromatic carbocycles. The fourth-order valence-electron chi connectivity index (χ4n) is 2.84. The molecule has 0 unspecified atom stereocenters. The molecule has 6 heteroatoms. The minimum absolute atomic E-state index is 0.646. The van der Waals surface area contributed by atoms with E-state index < -0.39 is 0 Å². The lowest BCUT2D eigenvalue weighted by molar-refractivity contribution is 0.154. The van der Waals surface area contributed by atoms with Gasteiger partial charge in [0.15, 0.2) is 5.96 Å². The summed E-state index contributed by atoms with van der Waals surface area (Å²) in [6, 6.07) is 7.99. The van der Waals surface area contributed by atoms with E-state index in [0.29, 0.717) is 19.1 Å². The molecule has 0 aliphatic carbocycles. The predicted molar refractivity (Wildman–Crippen MR) is 95.2 cm³/mol. The molecular formula is C17H23ClN4O. The zero-order valence-electron chi connectivity index (χ0n) is 13.2. The summed E-state index contributed by atoms with van der Waals surface area (Å²) in [7, 11) is 0. The van der Waals surface area contributed by atoms with Crippen molar-refractivity contribution in [1.29, 1.82) is 0 Å². The molecule has 2 heterocycles. The molecule has 3 rings (SSSR count). The Morgan fingerprint density at radius 1 is 1.17 bits per heavy atom. The van der Waals surface area contributed by atoms with Gasteiger partial charge in [0.2, 0.25) is 0 Å². The summed E-state index contributed by atoms with van der Waals surface area (Å²) in [5.74, 6) is 0.646. The second-order valence-electron chi connectivity index (χ2n) is 5.81. The van der Waals surface area contributed by atoms with Crippen LogP contribution in [0.1, 0.15) is 6.42 Å². The van der Waals surface area contributed by atoms with Gasteiger partial charge in [-0.1, -0.05) is 17.7 Å². The van der Waals surface area contributed by atoms with Crippen LogP contribution in [0.4, 0.5) is 5.69 Å². The van der Waals surface area contributed by atoms with Crippen LogP contribution in [0, 0.1) is 0 Å². The molecule has 1 fully saturated rings. The Kier molecular flexibility index (Phi) is 5.41. The second-order valence-corrected chi connectivity index (χ2v) is 6.25. The summed E-state index contributed by atoms with van der Waals surface area (Å²) in [5, 5.41) is 0.770. The van der Waals surface area contributed by atoms with Crippen molar-refractivity contribution in [3.05, 3.63) is 40.9 Å². The minimum atomic E-state index is 0.646. The maximum absolute atomic E-state index is 6.15. The first-order valence-electron chi connectivity index (χ1n) is 8.03. The minimum Gasteiger partial charge on any atom is -0.377 e. The number of halogens is 1. The molecule has 0 bridgehead atoms. The van der Waals surface area contributed by atoms with Crippen LogP contribution in [0.2, 0.25) is 5.02 Å². The van der Waals surface area contributed by atoms with Crippen LogP contribution in [-0.2, 0) is 4.74 Å². The summed E-state index contributed by atoms with van der Waals surface area (Å²) in [6.07, 6.45) is 3.07. The van der Waals surface area contributed by atoms with Gasteiger partial charge in [-0.05, 0) is 36.3 Å². The Balaban J connectivity index is 1.51. The highest BCUT2D eigenvalue weighted by Gasteiger charge is 2.18. The van der Waals surface area contributed by atoms with Gasteiger partial charge in [-0.3, -0.25) is 0 Å². The monoisotopic (exact) mass is 334 g/mol. The zero-order chi connectivity index (χ0) is 16.1. The summed E-state index contributed by atoms with van der Waals surface area (Å²) in [6.45, 7) is 5.83. The van der Waals surface area contributed by atoms with Crippen molar-refractivity contribution in [3.8, 4) is 0 Å². The Morgan fingerprint density at radius 3 is 2.57 bits per heavy atom. The van der Waals surface area contributed by atoms with Crippen molar-refractivity contribution in [1.82, 2.24) is 4.90 Å². The van der Waals surface area contributed by atoms with Crippen LogP contribution in [0.15, 0.2) is 40.9 Å². The summed E-state index contributed by atoms with van der Waals surface area (Å²) in [5.41, 5.74) is 8.68. The highest BCUT2D eigenvalue weighted by atomic mass is 35.5. The number of hydrogen-bond acceptors (Lipinski definition) is 3. The highest BCUT2D eigenvalue weighted by molar-refractivity contribution is 6.30. The third-order valence-electron chi connectivity index (χ3n) is 4.30. The van der Waals surface area contributed by atoms with Crippen LogP contribution in [-0.4, -0.2) is 56.8 Å². The number of piperazine rings is 1. The molecule has 0 radical (unpaired) electrons. The van der Waals surface area contributed by atoms with Crippen molar-refractivity contribution in [2.75, 3.05) is 50.8 Å². The van der Waals surface area contributed by atoms with E-state index in [0.717, 1.165) is 44.2 Å². The SMILES string of the molecule is NC(=NCC1=CCOCC1)N1CCN(c2ccc(Cl)cc2)CC1. The molecular weight excluding hydrogens is 312 g/mol. The summed E-state index contributed by atoms with van der Waals surface area (Å²) in [4.78, 5) is 9.05. The molecule has 23 heavy (non-hydrogen) atoms. The first kappa shape index (κ1) is 16.1. The number of nitrogens with zero attached hydrogens (tertiary/aromatic N) is 3. The molecule has 5 nitrogen and oxygen atoms in total. The Bertz CT molecular complexity index is 577. The van der Waals surface area contributed by atoms with Crippen LogP contribution in [0.3, 0.4) is 0 Å². The van der Waals surface area contributed by atoms with Crippen molar-refractivity contribution in [2.24, 2.45) is 10.7 Å². The second kappa shape index (κ2) is 7.70. The normalized spacial score (nSPS) is 19.7. The number of aliphatic imine (C=N–C) groups is 1. The fraction of sp³-hybridized carbons (Fsp3) is 0.471. The summed E-state index contributed by atoms with van der Waals surface area (Å²) >= 11 is 5.94. The van der Waals surface area contributed by atoms with Gasteiger partial charge in [-0.2, -0.15) is 0 Å². The van der Waals surface area contributed by atoms with E-state index in [-0.39, 0.29) is 0 Å². The number of hydrogen-bond donors (Lipinski definition) is 1. The van der Waals surface area contributed by atoms with E-state index in [2.05, 4.69) is 33.0 Å². The van der Waals surface area contributed by atoms with Crippen molar-refractivity contribution in [3.63, 3.8) is 0 Å². The molecule has 0 spiro atoms. The number of guanidine groups is 1. The first-order chi connectivity index (χ1) is 11.2. The highest BCUT2D eigenvalue weighted by Crippen LogP contribution is 2.19. The molecule has 2 aliphatic rings. The van der Waals surface area contributed by atoms with Gasteiger partial charge in [0.1, 0.15) is 0 Å². The zero-order valence-corrected chi connectivity index (χ0v) is 14.0. The number of nitrogens with two attached hydrogens (primary N) is 1. The van der Waals surface area contributed by atoms with Crippen molar-refractivity contribution in [2.45, 2.75) is 6.42 Å². The van der Waals surface area contributed by atoms with E-state index in [1.807, 2.05) is 12.1 Å². The number of benzene rings is 1. The lowest BCUT2D eigenvalue weighted by atomic mass is 10.1. The molecule has 1 aromatic rings. The average molecular weight is 335 g/mol. The molecule has 0 aromatic heterocycles.